The van der Waals surface area contributed by atoms with Gasteiger partial charge in [-0.3, -0.25) is 0 Å². The van der Waals surface area contributed by atoms with E-state index >= 15 is 0 Å². The summed E-state index contributed by atoms with van der Waals surface area (Å²) < 4.78 is 5.25. The van der Waals surface area contributed by atoms with Crippen molar-refractivity contribution in [1.29, 1.82) is 0 Å². The molecule has 1 aromatic heterocycles. The Morgan fingerprint density at radius 1 is 1.26 bits per heavy atom. The van der Waals surface area contributed by atoms with E-state index in [9.17, 15) is 0 Å². The third-order valence-electron chi connectivity index (χ3n) is 2.69. The molecule has 1 aromatic carbocycles. The van der Waals surface area contributed by atoms with Crippen LogP contribution in [0.4, 0.5) is 11.6 Å². The van der Waals surface area contributed by atoms with Crippen molar-refractivity contribution in [2.75, 3.05) is 17.9 Å². The zero-order chi connectivity index (χ0) is 13.7. The maximum atomic E-state index is 5.37. The molecule has 6 nitrogen and oxygen atoms in total. The summed E-state index contributed by atoms with van der Waals surface area (Å²) in [5, 5.41) is 3.21. The Bertz CT molecular complexity index is 558. The number of benzene rings is 1. The predicted octanol–water partition coefficient (Wildman–Crippen LogP) is 1.69. The molecule has 1 heterocycles. The summed E-state index contributed by atoms with van der Waals surface area (Å²) in [7, 11) is 1.55. The third kappa shape index (κ3) is 3.11. The molecule has 19 heavy (non-hydrogen) atoms. The number of nitrogen functional groups attached to an aromatic ring is 1. The molecule has 0 bridgehead atoms. The van der Waals surface area contributed by atoms with E-state index in [1.165, 1.54) is 17.5 Å². The first-order valence-corrected chi connectivity index (χ1v) is 5.89. The minimum atomic E-state index is 0.448. The van der Waals surface area contributed by atoms with Gasteiger partial charge in [0.25, 0.3) is 0 Å². The number of nitrogens with two attached hydrogens (primary N) is 1. The van der Waals surface area contributed by atoms with Gasteiger partial charge in [-0.1, -0.05) is 29.8 Å². The topological polar surface area (TPSA) is 85.1 Å². The van der Waals surface area contributed by atoms with Crippen LogP contribution in [0.2, 0.25) is 0 Å². The number of hydrazine groups is 1. The van der Waals surface area contributed by atoms with Crippen molar-refractivity contribution in [2.45, 2.75) is 13.5 Å². The normalized spacial score (nSPS) is 10.1. The molecule has 0 spiro atoms. The highest BCUT2D eigenvalue weighted by molar-refractivity contribution is 5.63. The van der Waals surface area contributed by atoms with E-state index in [-0.39, 0.29) is 0 Å². The van der Waals surface area contributed by atoms with Crippen LogP contribution in [-0.4, -0.2) is 17.1 Å². The second-order valence-corrected chi connectivity index (χ2v) is 4.09. The number of nitrogens with one attached hydrogen (secondary N) is 2. The molecular formula is C13H17N5O. The van der Waals surface area contributed by atoms with Crippen molar-refractivity contribution in [2.24, 2.45) is 5.84 Å². The van der Waals surface area contributed by atoms with Gasteiger partial charge in [-0.25, -0.2) is 15.8 Å². The van der Waals surface area contributed by atoms with Gasteiger partial charge in [0.1, 0.15) is 6.33 Å². The van der Waals surface area contributed by atoms with Gasteiger partial charge in [-0.05, 0) is 12.5 Å². The number of rotatable bonds is 5. The summed E-state index contributed by atoms with van der Waals surface area (Å²) in [5.74, 6) is 6.92. The van der Waals surface area contributed by atoms with Crippen LogP contribution in [0.25, 0.3) is 0 Å². The Morgan fingerprint density at radius 2 is 2.05 bits per heavy atom. The van der Waals surface area contributed by atoms with Gasteiger partial charge >= 0.3 is 0 Å². The molecular weight excluding hydrogens is 242 g/mol. The SMILES string of the molecule is COc1c(NN)ncnc1NCc1cccc(C)c1. The fourth-order valence-electron chi connectivity index (χ4n) is 1.80. The van der Waals surface area contributed by atoms with E-state index < -0.39 is 0 Å². The molecule has 0 aliphatic carbocycles. The molecule has 4 N–H and O–H groups in total. The zero-order valence-electron chi connectivity index (χ0n) is 11.0. The van der Waals surface area contributed by atoms with E-state index in [0.717, 1.165) is 0 Å². The van der Waals surface area contributed by atoms with E-state index in [2.05, 4.69) is 45.8 Å². The molecule has 6 heteroatoms. The second-order valence-electron chi connectivity index (χ2n) is 4.09. The number of aromatic nitrogens is 2. The Hall–Kier alpha value is -2.34. The van der Waals surface area contributed by atoms with Crippen LogP contribution in [0.3, 0.4) is 0 Å². The minimum absolute atomic E-state index is 0.448. The second kappa shape index (κ2) is 6.01. The summed E-state index contributed by atoms with van der Waals surface area (Å²) in [4.78, 5) is 8.14. The van der Waals surface area contributed by atoms with Gasteiger partial charge in [0.2, 0.25) is 5.75 Å². The first kappa shape index (κ1) is 13.1. The Morgan fingerprint density at radius 3 is 2.74 bits per heavy atom. The molecule has 0 aliphatic rings. The van der Waals surface area contributed by atoms with E-state index in [1.807, 2.05) is 6.07 Å². The summed E-state index contributed by atoms with van der Waals surface area (Å²) >= 11 is 0. The molecule has 0 saturated heterocycles. The number of anilines is 2. The van der Waals surface area contributed by atoms with Crippen LogP contribution in [0.15, 0.2) is 30.6 Å². The van der Waals surface area contributed by atoms with Gasteiger partial charge in [0.05, 0.1) is 7.11 Å². The van der Waals surface area contributed by atoms with Gasteiger partial charge in [-0.2, -0.15) is 0 Å². The van der Waals surface area contributed by atoms with E-state index in [4.69, 9.17) is 10.6 Å². The van der Waals surface area contributed by atoms with E-state index in [1.54, 1.807) is 7.11 Å². The number of hydrogen-bond acceptors (Lipinski definition) is 6. The van der Waals surface area contributed by atoms with Gasteiger partial charge < -0.3 is 15.5 Å². The number of hydrogen-bond donors (Lipinski definition) is 3. The van der Waals surface area contributed by atoms with Crippen molar-refractivity contribution in [3.05, 3.63) is 41.7 Å². The highest BCUT2D eigenvalue weighted by Crippen LogP contribution is 2.28. The number of aryl methyl sites for hydroxylation is 1. The molecule has 0 aliphatic heterocycles. The zero-order valence-corrected chi connectivity index (χ0v) is 11.0. The molecule has 0 fully saturated rings. The quantitative estimate of drug-likeness (QED) is 0.559. The maximum absolute atomic E-state index is 5.37. The number of ether oxygens (including phenoxy) is 1. The van der Waals surface area contributed by atoms with Crippen molar-refractivity contribution in [3.8, 4) is 5.75 Å². The van der Waals surface area contributed by atoms with E-state index in [0.29, 0.717) is 23.9 Å². The fraction of sp³-hybridized carbons (Fsp3) is 0.231. The largest absolute Gasteiger partial charge is 0.490 e. The Labute approximate surface area is 112 Å². The molecule has 0 unspecified atom stereocenters. The van der Waals surface area contributed by atoms with Crippen LogP contribution in [0, 0.1) is 6.92 Å². The lowest BCUT2D eigenvalue weighted by Crippen LogP contribution is -2.12. The average Bonchev–Trinajstić information content (AvgIpc) is 2.44. The van der Waals surface area contributed by atoms with Crippen LogP contribution in [-0.2, 0) is 6.54 Å². The van der Waals surface area contributed by atoms with Gasteiger partial charge in [-0.15, -0.1) is 0 Å². The van der Waals surface area contributed by atoms with Crippen molar-refractivity contribution in [3.63, 3.8) is 0 Å². The highest BCUT2D eigenvalue weighted by atomic mass is 16.5. The minimum Gasteiger partial charge on any atom is -0.490 e. The first-order valence-electron chi connectivity index (χ1n) is 5.89. The van der Waals surface area contributed by atoms with Crippen LogP contribution >= 0.6 is 0 Å². The molecule has 0 amide bonds. The summed E-state index contributed by atoms with van der Waals surface area (Å²) in [6.45, 7) is 2.71. The highest BCUT2D eigenvalue weighted by Gasteiger charge is 2.10. The molecule has 0 atom stereocenters. The molecule has 2 rings (SSSR count). The molecule has 2 aromatic rings. The molecule has 0 radical (unpaired) electrons. The smallest absolute Gasteiger partial charge is 0.205 e. The Balaban J connectivity index is 2.15. The fourth-order valence-corrected chi connectivity index (χ4v) is 1.80. The summed E-state index contributed by atoms with van der Waals surface area (Å²) in [6.07, 6.45) is 1.43. The van der Waals surface area contributed by atoms with Crippen LogP contribution < -0.4 is 21.3 Å². The van der Waals surface area contributed by atoms with Gasteiger partial charge in [0, 0.05) is 6.54 Å². The average molecular weight is 259 g/mol. The third-order valence-corrected chi connectivity index (χ3v) is 2.69. The predicted molar refractivity (Wildman–Crippen MR) is 74.9 cm³/mol. The number of methoxy groups -OCH3 is 1. The Kier molecular flexibility index (Phi) is 4.15. The maximum Gasteiger partial charge on any atom is 0.205 e. The lowest BCUT2D eigenvalue weighted by atomic mass is 10.1. The lowest BCUT2D eigenvalue weighted by Gasteiger charge is -2.12. The van der Waals surface area contributed by atoms with Crippen LogP contribution in [0.1, 0.15) is 11.1 Å². The number of nitrogens with zero attached hydrogens (tertiary/aromatic N) is 2. The van der Waals surface area contributed by atoms with Crippen LogP contribution in [0.5, 0.6) is 5.75 Å². The first-order chi connectivity index (χ1) is 9.24. The van der Waals surface area contributed by atoms with Gasteiger partial charge in [0.15, 0.2) is 11.6 Å². The molecule has 100 valence electrons. The monoisotopic (exact) mass is 259 g/mol. The summed E-state index contributed by atoms with van der Waals surface area (Å²) in [6, 6.07) is 8.25. The van der Waals surface area contributed by atoms with Crippen molar-refractivity contribution < 1.29 is 4.74 Å². The molecule has 0 saturated carbocycles. The standard InChI is InChI=1S/C13H17N5O/c1-9-4-3-5-10(6-9)7-15-12-11(19-2)13(18-14)17-8-16-12/h3-6,8H,7,14H2,1-2H3,(H2,15,16,17,18). The summed E-state index contributed by atoms with van der Waals surface area (Å²) in [5.41, 5.74) is 4.87. The van der Waals surface area contributed by atoms with Crippen molar-refractivity contribution in [1.82, 2.24) is 9.97 Å². The van der Waals surface area contributed by atoms with Crippen molar-refractivity contribution >= 4 is 11.6 Å². The lowest BCUT2D eigenvalue weighted by molar-refractivity contribution is 0.414.